The molecule has 1 aromatic rings. The number of amides is 2. The van der Waals surface area contributed by atoms with Gasteiger partial charge in [0, 0.05) is 39.2 Å². The Labute approximate surface area is 169 Å². The molecule has 2 aliphatic heterocycles. The monoisotopic (exact) mass is 386 g/mol. The Morgan fingerprint density at radius 3 is 2.61 bits per heavy atom. The van der Waals surface area contributed by atoms with Gasteiger partial charge in [0.15, 0.2) is 0 Å². The Bertz CT molecular complexity index is 639. The summed E-state index contributed by atoms with van der Waals surface area (Å²) >= 11 is 0. The van der Waals surface area contributed by atoms with Crippen LogP contribution in [-0.2, 0) is 20.7 Å². The number of hydrogen-bond donors (Lipinski definition) is 0. The lowest BCUT2D eigenvalue weighted by Gasteiger charge is -2.47. The van der Waals surface area contributed by atoms with Crippen molar-refractivity contribution in [3.8, 4) is 0 Å². The van der Waals surface area contributed by atoms with E-state index in [0.29, 0.717) is 13.0 Å². The molecule has 0 saturated carbocycles. The number of ether oxygens (including phenoxy) is 1. The molecule has 1 spiro atoms. The first-order valence-electron chi connectivity index (χ1n) is 10.8. The van der Waals surface area contributed by atoms with Gasteiger partial charge in [-0.05, 0) is 43.1 Å². The van der Waals surface area contributed by atoms with Crippen molar-refractivity contribution >= 4 is 11.8 Å². The number of hydrogen-bond acceptors (Lipinski definition) is 3. The van der Waals surface area contributed by atoms with Crippen molar-refractivity contribution in [3.63, 3.8) is 0 Å². The average Bonchev–Trinajstić information content (AvgIpc) is 2.73. The van der Waals surface area contributed by atoms with Crippen molar-refractivity contribution in [1.82, 2.24) is 9.80 Å². The van der Waals surface area contributed by atoms with Crippen molar-refractivity contribution < 1.29 is 14.3 Å². The van der Waals surface area contributed by atoms with Crippen molar-refractivity contribution in [2.45, 2.75) is 51.9 Å². The topological polar surface area (TPSA) is 49.9 Å². The van der Waals surface area contributed by atoms with Gasteiger partial charge in [0.2, 0.25) is 11.8 Å². The zero-order valence-corrected chi connectivity index (χ0v) is 17.2. The van der Waals surface area contributed by atoms with Gasteiger partial charge in [-0.25, -0.2) is 0 Å². The quantitative estimate of drug-likeness (QED) is 0.644. The molecule has 3 rings (SSSR count). The lowest BCUT2D eigenvalue weighted by atomic mass is 9.72. The van der Waals surface area contributed by atoms with Crippen LogP contribution in [0.3, 0.4) is 0 Å². The van der Waals surface area contributed by atoms with Gasteiger partial charge in [0.05, 0.1) is 0 Å². The summed E-state index contributed by atoms with van der Waals surface area (Å²) < 4.78 is 5.49. The van der Waals surface area contributed by atoms with Crippen LogP contribution in [-0.4, -0.2) is 61.0 Å². The van der Waals surface area contributed by atoms with Gasteiger partial charge >= 0.3 is 0 Å². The number of likely N-dealkylation sites (tertiary alicyclic amines) is 2. The van der Waals surface area contributed by atoms with Crippen LogP contribution in [0.4, 0.5) is 0 Å². The Morgan fingerprint density at radius 2 is 1.89 bits per heavy atom. The predicted octanol–water partition coefficient (Wildman–Crippen LogP) is 3.28. The van der Waals surface area contributed by atoms with Crippen molar-refractivity contribution in [2.24, 2.45) is 5.41 Å². The zero-order chi connectivity index (χ0) is 19.8. The Kier molecular flexibility index (Phi) is 7.49. The number of piperidine rings is 2. The van der Waals surface area contributed by atoms with E-state index in [9.17, 15) is 9.59 Å². The molecule has 28 heavy (non-hydrogen) atoms. The zero-order valence-electron chi connectivity index (χ0n) is 17.2. The first-order valence-corrected chi connectivity index (χ1v) is 10.8. The van der Waals surface area contributed by atoms with Crippen LogP contribution in [0.5, 0.6) is 0 Å². The third-order valence-corrected chi connectivity index (χ3v) is 6.31. The van der Waals surface area contributed by atoms with Gasteiger partial charge in [0.1, 0.15) is 6.61 Å². The van der Waals surface area contributed by atoms with E-state index >= 15 is 0 Å². The summed E-state index contributed by atoms with van der Waals surface area (Å²) in [5.74, 6) is 0.392. The second-order valence-corrected chi connectivity index (χ2v) is 8.34. The molecule has 2 heterocycles. The van der Waals surface area contributed by atoms with Crippen molar-refractivity contribution in [1.29, 1.82) is 0 Å². The van der Waals surface area contributed by atoms with Crippen molar-refractivity contribution in [3.05, 3.63) is 35.9 Å². The highest BCUT2D eigenvalue weighted by Gasteiger charge is 2.41. The molecule has 0 aliphatic carbocycles. The summed E-state index contributed by atoms with van der Waals surface area (Å²) in [5.41, 5.74) is 1.46. The number of carbonyl (C=O) groups is 2. The number of carbonyl (C=O) groups excluding carboxylic acids is 2. The summed E-state index contributed by atoms with van der Waals surface area (Å²) in [7, 11) is 0. The number of benzene rings is 1. The highest BCUT2D eigenvalue weighted by Crippen LogP contribution is 2.40. The number of nitrogens with zero attached hydrogens (tertiary/aromatic N) is 2. The van der Waals surface area contributed by atoms with Crippen LogP contribution in [0, 0.1) is 5.41 Å². The molecule has 2 aliphatic rings. The van der Waals surface area contributed by atoms with Crippen LogP contribution in [0.25, 0.3) is 0 Å². The van der Waals surface area contributed by atoms with E-state index in [2.05, 4.69) is 24.0 Å². The van der Waals surface area contributed by atoms with Gasteiger partial charge in [-0.1, -0.05) is 43.7 Å². The van der Waals surface area contributed by atoms with E-state index in [0.717, 1.165) is 64.7 Å². The van der Waals surface area contributed by atoms with Crippen LogP contribution in [0.1, 0.15) is 51.0 Å². The molecule has 0 radical (unpaired) electrons. The van der Waals surface area contributed by atoms with Crippen LogP contribution >= 0.6 is 0 Å². The molecule has 2 fully saturated rings. The maximum Gasteiger partial charge on any atom is 0.248 e. The molecule has 1 aromatic carbocycles. The Balaban J connectivity index is 1.47. The molecule has 2 amide bonds. The average molecular weight is 387 g/mol. The van der Waals surface area contributed by atoms with Crippen molar-refractivity contribution in [2.75, 3.05) is 39.4 Å². The summed E-state index contributed by atoms with van der Waals surface area (Å²) in [6, 6.07) is 10.4. The maximum atomic E-state index is 12.4. The Morgan fingerprint density at radius 1 is 1.14 bits per heavy atom. The molecule has 0 aromatic heterocycles. The van der Waals surface area contributed by atoms with Gasteiger partial charge in [-0.15, -0.1) is 0 Å². The Hall–Kier alpha value is -1.88. The smallest absolute Gasteiger partial charge is 0.248 e. The SMILES string of the molecule is CCCCOCC(=O)N1CCC2(CCC(=O)N(CCc3ccccc3)C2)CC1. The largest absolute Gasteiger partial charge is 0.372 e. The molecule has 5 nitrogen and oxygen atoms in total. The second-order valence-electron chi connectivity index (χ2n) is 8.34. The van der Waals surface area contributed by atoms with Crippen LogP contribution in [0.15, 0.2) is 30.3 Å². The van der Waals surface area contributed by atoms with Gasteiger partial charge in [0.25, 0.3) is 0 Å². The minimum Gasteiger partial charge on any atom is -0.372 e. The fourth-order valence-corrected chi connectivity index (χ4v) is 4.35. The summed E-state index contributed by atoms with van der Waals surface area (Å²) in [5, 5.41) is 0. The van der Waals surface area contributed by atoms with Gasteiger partial charge in [-0.2, -0.15) is 0 Å². The fourth-order valence-electron chi connectivity index (χ4n) is 4.35. The van der Waals surface area contributed by atoms with Gasteiger partial charge in [-0.3, -0.25) is 9.59 Å². The first kappa shape index (κ1) is 20.8. The molecule has 0 unspecified atom stereocenters. The van der Waals surface area contributed by atoms with E-state index in [1.165, 1.54) is 5.56 Å². The normalized spacial score (nSPS) is 19.2. The fraction of sp³-hybridized carbons (Fsp3) is 0.652. The summed E-state index contributed by atoms with van der Waals surface area (Å²) in [6.45, 7) is 6.19. The summed E-state index contributed by atoms with van der Waals surface area (Å²) in [6.07, 6.45) is 6.57. The van der Waals surface area contributed by atoms with E-state index in [1.807, 2.05) is 23.1 Å². The second kappa shape index (κ2) is 10.1. The van der Waals surface area contributed by atoms with E-state index < -0.39 is 0 Å². The summed E-state index contributed by atoms with van der Waals surface area (Å²) in [4.78, 5) is 28.8. The number of rotatable bonds is 8. The molecule has 0 N–H and O–H groups in total. The number of unbranched alkanes of at least 4 members (excludes halogenated alkanes) is 1. The lowest BCUT2D eigenvalue weighted by Crippen LogP contribution is -2.53. The van der Waals surface area contributed by atoms with Gasteiger partial charge < -0.3 is 14.5 Å². The predicted molar refractivity (Wildman–Crippen MR) is 110 cm³/mol. The highest BCUT2D eigenvalue weighted by atomic mass is 16.5. The third kappa shape index (κ3) is 5.57. The van der Waals surface area contributed by atoms with Crippen LogP contribution in [0.2, 0.25) is 0 Å². The minimum atomic E-state index is 0.110. The molecule has 2 saturated heterocycles. The van der Waals surface area contributed by atoms with E-state index in [-0.39, 0.29) is 23.8 Å². The molecular weight excluding hydrogens is 352 g/mol. The first-order chi connectivity index (χ1) is 13.6. The molecule has 154 valence electrons. The maximum absolute atomic E-state index is 12.4. The van der Waals surface area contributed by atoms with E-state index in [4.69, 9.17) is 4.74 Å². The third-order valence-electron chi connectivity index (χ3n) is 6.31. The highest BCUT2D eigenvalue weighted by molar-refractivity contribution is 5.78. The van der Waals surface area contributed by atoms with E-state index in [1.54, 1.807) is 0 Å². The molecule has 0 atom stereocenters. The molecule has 5 heteroatoms. The molecular formula is C23H34N2O3. The minimum absolute atomic E-state index is 0.110. The lowest BCUT2D eigenvalue weighted by molar-refractivity contribution is -0.144. The standard InChI is InChI=1S/C23H34N2O3/c1-2-3-17-28-18-22(27)24-15-12-23(13-16-24)11-9-21(26)25(19-23)14-10-20-7-5-4-6-8-20/h4-8H,2-3,9-19H2,1H3. The molecule has 0 bridgehead atoms. The van der Waals surface area contributed by atoms with Crippen LogP contribution < -0.4 is 0 Å².